The van der Waals surface area contributed by atoms with Crippen LogP contribution in [0.15, 0.2) is 54.7 Å². The minimum Gasteiger partial charge on any atom is -0.331 e. The lowest BCUT2D eigenvalue weighted by molar-refractivity contribution is 0.102. The van der Waals surface area contributed by atoms with Crippen LogP contribution in [0.25, 0.3) is 0 Å². The molecule has 28 heavy (non-hydrogen) atoms. The molecule has 0 radical (unpaired) electrons. The smallest absolute Gasteiger partial charge is 0.257 e. The third kappa shape index (κ3) is 4.26. The molecule has 0 saturated heterocycles. The summed E-state index contributed by atoms with van der Waals surface area (Å²) in [4.78, 5) is 17.0. The summed E-state index contributed by atoms with van der Waals surface area (Å²) >= 11 is 6.11. The van der Waals surface area contributed by atoms with Gasteiger partial charge < -0.3 is 15.2 Å². The Labute approximate surface area is 169 Å². The highest BCUT2D eigenvalue weighted by Crippen LogP contribution is 2.19. The van der Waals surface area contributed by atoms with E-state index in [1.54, 1.807) is 18.2 Å². The fraction of sp³-hybridized carbons (Fsp3) is 0.273. The van der Waals surface area contributed by atoms with Gasteiger partial charge in [-0.25, -0.2) is 4.98 Å². The summed E-state index contributed by atoms with van der Waals surface area (Å²) in [6.07, 6.45) is 5.52. The van der Waals surface area contributed by atoms with Gasteiger partial charge >= 0.3 is 0 Å². The maximum atomic E-state index is 12.4. The third-order valence-electron chi connectivity index (χ3n) is 4.99. The molecule has 1 amide bonds. The molecular weight excluding hydrogens is 372 g/mol. The van der Waals surface area contributed by atoms with Crippen molar-refractivity contribution in [1.82, 2.24) is 14.9 Å². The lowest BCUT2D eigenvalue weighted by atomic mass is 10.1. The van der Waals surface area contributed by atoms with E-state index in [1.807, 2.05) is 36.5 Å². The highest BCUT2D eigenvalue weighted by molar-refractivity contribution is 6.34. The Balaban J connectivity index is 1.36. The molecule has 1 aromatic heterocycles. The van der Waals surface area contributed by atoms with E-state index >= 15 is 0 Å². The first-order valence-corrected chi connectivity index (χ1v) is 9.97. The van der Waals surface area contributed by atoms with Crippen LogP contribution in [0.1, 0.15) is 40.3 Å². The Kier molecular flexibility index (Phi) is 5.74. The molecule has 0 fully saturated rings. The van der Waals surface area contributed by atoms with Gasteiger partial charge in [0.1, 0.15) is 5.82 Å². The van der Waals surface area contributed by atoms with Crippen molar-refractivity contribution < 1.29 is 4.79 Å². The average Bonchev–Trinajstić information content (AvgIpc) is 3.12. The number of anilines is 1. The van der Waals surface area contributed by atoms with Crippen LogP contribution in [0.4, 0.5) is 5.69 Å². The fourth-order valence-electron chi connectivity index (χ4n) is 3.56. The number of hydrogen-bond acceptors (Lipinski definition) is 3. The number of fused-ring (bicyclic) bond motifs is 1. The first-order chi connectivity index (χ1) is 13.7. The molecule has 1 aliphatic heterocycles. The van der Waals surface area contributed by atoms with Gasteiger partial charge in [-0.1, -0.05) is 35.9 Å². The number of imidazole rings is 1. The summed E-state index contributed by atoms with van der Waals surface area (Å²) in [5.74, 6) is 0.994. The topological polar surface area (TPSA) is 59.0 Å². The van der Waals surface area contributed by atoms with Gasteiger partial charge in [0, 0.05) is 37.9 Å². The van der Waals surface area contributed by atoms with Gasteiger partial charge in [-0.15, -0.1) is 0 Å². The Hall–Kier alpha value is -2.63. The number of halogens is 1. The van der Waals surface area contributed by atoms with Crippen molar-refractivity contribution >= 4 is 23.2 Å². The molecule has 2 N–H and O–H groups in total. The van der Waals surface area contributed by atoms with Gasteiger partial charge in [0.15, 0.2) is 0 Å². The minimum absolute atomic E-state index is 0.207. The van der Waals surface area contributed by atoms with Crippen molar-refractivity contribution in [2.24, 2.45) is 0 Å². The Morgan fingerprint density at radius 2 is 2.00 bits per heavy atom. The first-order valence-electron chi connectivity index (χ1n) is 9.59. The highest BCUT2D eigenvalue weighted by Gasteiger charge is 2.13. The van der Waals surface area contributed by atoms with E-state index in [9.17, 15) is 4.79 Å². The Morgan fingerprint density at radius 1 is 1.11 bits per heavy atom. The normalized spacial score (nSPS) is 13.2. The number of nitrogens with one attached hydrogen (secondary N) is 2. The van der Waals surface area contributed by atoms with Crippen LogP contribution in [-0.4, -0.2) is 15.5 Å². The van der Waals surface area contributed by atoms with Crippen molar-refractivity contribution in [3.05, 3.63) is 82.4 Å². The van der Waals surface area contributed by atoms with Crippen LogP contribution in [0.5, 0.6) is 0 Å². The predicted molar refractivity (Wildman–Crippen MR) is 112 cm³/mol. The van der Waals surface area contributed by atoms with E-state index in [0.29, 0.717) is 10.6 Å². The van der Waals surface area contributed by atoms with Gasteiger partial charge in [0.25, 0.3) is 5.91 Å². The number of rotatable bonds is 6. The number of carbonyl (C=O) groups is 1. The molecule has 6 heteroatoms. The van der Waals surface area contributed by atoms with Crippen molar-refractivity contribution in [3.63, 3.8) is 0 Å². The van der Waals surface area contributed by atoms with Gasteiger partial charge in [-0.2, -0.15) is 0 Å². The summed E-state index contributed by atoms with van der Waals surface area (Å²) < 4.78 is 2.33. The minimum atomic E-state index is -0.207. The van der Waals surface area contributed by atoms with Crippen molar-refractivity contribution in [1.29, 1.82) is 0 Å². The number of amides is 1. The number of hydrogen-bond donors (Lipinski definition) is 2. The average molecular weight is 395 g/mol. The summed E-state index contributed by atoms with van der Waals surface area (Å²) in [5, 5.41) is 6.85. The van der Waals surface area contributed by atoms with E-state index in [1.165, 1.54) is 24.4 Å². The van der Waals surface area contributed by atoms with Crippen LogP contribution in [0, 0.1) is 0 Å². The van der Waals surface area contributed by atoms with Gasteiger partial charge in [-0.05, 0) is 42.7 Å². The second-order valence-electron chi connectivity index (χ2n) is 7.01. The first kappa shape index (κ1) is 18.7. The van der Waals surface area contributed by atoms with Crippen LogP contribution in [0.3, 0.4) is 0 Å². The summed E-state index contributed by atoms with van der Waals surface area (Å²) in [5.41, 5.74) is 3.57. The van der Waals surface area contributed by atoms with Crippen LogP contribution >= 0.6 is 11.6 Å². The van der Waals surface area contributed by atoms with E-state index in [2.05, 4.69) is 20.2 Å². The largest absolute Gasteiger partial charge is 0.331 e. The summed E-state index contributed by atoms with van der Waals surface area (Å²) in [6, 6.07) is 14.9. The molecule has 144 valence electrons. The van der Waals surface area contributed by atoms with E-state index in [4.69, 9.17) is 11.6 Å². The predicted octanol–water partition coefficient (Wildman–Crippen LogP) is 4.41. The van der Waals surface area contributed by atoms with E-state index in [-0.39, 0.29) is 5.91 Å². The lowest BCUT2D eigenvalue weighted by Gasteiger charge is -2.16. The quantitative estimate of drug-likeness (QED) is 0.650. The zero-order chi connectivity index (χ0) is 19.3. The van der Waals surface area contributed by atoms with Crippen LogP contribution < -0.4 is 10.6 Å². The summed E-state index contributed by atoms with van der Waals surface area (Å²) in [6.45, 7) is 2.56. The second kappa shape index (κ2) is 8.59. The SMILES string of the molecule is O=C(Nc1cccc(CNCc2cnc3n2CCCC3)c1)c1ccccc1Cl. The molecule has 0 spiro atoms. The maximum Gasteiger partial charge on any atom is 0.257 e. The Morgan fingerprint density at radius 3 is 2.89 bits per heavy atom. The van der Waals surface area contributed by atoms with Crippen molar-refractivity contribution in [2.75, 3.05) is 5.32 Å². The molecule has 3 aromatic rings. The van der Waals surface area contributed by atoms with Gasteiger partial charge in [-0.3, -0.25) is 4.79 Å². The lowest BCUT2D eigenvalue weighted by Crippen LogP contribution is -2.19. The summed E-state index contributed by atoms with van der Waals surface area (Å²) in [7, 11) is 0. The number of nitrogens with zero attached hydrogens (tertiary/aromatic N) is 2. The standard InChI is InChI=1S/C22H23ClN4O/c23-20-9-2-1-8-19(20)22(28)26-17-7-5-6-16(12-17)13-24-14-18-15-25-21-10-3-4-11-27(18)21/h1-2,5-9,12,15,24H,3-4,10-11,13-14H2,(H,26,28). The molecule has 0 atom stereocenters. The maximum absolute atomic E-state index is 12.4. The molecule has 5 nitrogen and oxygen atoms in total. The number of aromatic nitrogens is 2. The number of aryl methyl sites for hydroxylation is 1. The molecule has 2 heterocycles. The zero-order valence-corrected chi connectivity index (χ0v) is 16.4. The van der Waals surface area contributed by atoms with Crippen LogP contribution in [-0.2, 0) is 26.1 Å². The second-order valence-corrected chi connectivity index (χ2v) is 7.42. The van der Waals surface area contributed by atoms with Gasteiger partial charge in [0.05, 0.1) is 16.3 Å². The zero-order valence-electron chi connectivity index (χ0n) is 15.6. The molecule has 2 aromatic carbocycles. The molecular formula is C22H23ClN4O. The fourth-order valence-corrected chi connectivity index (χ4v) is 3.78. The molecule has 0 saturated carbocycles. The van der Waals surface area contributed by atoms with Gasteiger partial charge in [0.2, 0.25) is 0 Å². The number of carbonyl (C=O) groups excluding carboxylic acids is 1. The monoisotopic (exact) mass is 394 g/mol. The van der Waals surface area contributed by atoms with E-state index in [0.717, 1.165) is 37.3 Å². The molecule has 0 bridgehead atoms. The van der Waals surface area contributed by atoms with E-state index < -0.39 is 0 Å². The Bertz CT molecular complexity index is 982. The molecule has 0 aliphatic carbocycles. The highest BCUT2D eigenvalue weighted by atomic mass is 35.5. The third-order valence-corrected chi connectivity index (χ3v) is 5.32. The van der Waals surface area contributed by atoms with Crippen molar-refractivity contribution in [3.8, 4) is 0 Å². The van der Waals surface area contributed by atoms with Crippen LogP contribution in [0.2, 0.25) is 5.02 Å². The molecule has 4 rings (SSSR count). The van der Waals surface area contributed by atoms with Crippen molar-refractivity contribution in [2.45, 2.75) is 38.9 Å². The number of benzene rings is 2. The molecule has 1 aliphatic rings. The molecule has 0 unspecified atom stereocenters.